The highest BCUT2D eigenvalue weighted by Gasteiger charge is 2.40. The van der Waals surface area contributed by atoms with Crippen molar-refractivity contribution in [1.82, 2.24) is 10.2 Å². The third-order valence-corrected chi connectivity index (χ3v) is 5.50. The van der Waals surface area contributed by atoms with Crippen LogP contribution in [0.3, 0.4) is 0 Å². The summed E-state index contributed by atoms with van der Waals surface area (Å²) < 4.78 is 4.79. The van der Waals surface area contributed by atoms with Crippen molar-refractivity contribution in [3.05, 3.63) is 0 Å². The van der Waals surface area contributed by atoms with Gasteiger partial charge in [0.05, 0.1) is 19.1 Å². The minimum atomic E-state index is -0.132. The van der Waals surface area contributed by atoms with Gasteiger partial charge in [-0.2, -0.15) is 0 Å². The van der Waals surface area contributed by atoms with Gasteiger partial charge in [-0.25, -0.2) is 0 Å². The van der Waals surface area contributed by atoms with Crippen molar-refractivity contribution >= 4 is 24.3 Å². The Bertz CT molecular complexity index is 396. The van der Waals surface area contributed by atoms with E-state index >= 15 is 0 Å². The lowest BCUT2D eigenvalue weighted by Gasteiger charge is -2.32. The van der Waals surface area contributed by atoms with Gasteiger partial charge in [0.1, 0.15) is 0 Å². The number of amides is 1. The number of piperidine rings is 1. The molecule has 0 spiro atoms. The van der Waals surface area contributed by atoms with E-state index in [0.29, 0.717) is 25.0 Å². The summed E-state index contributed by atoms with van der Waals surface area (Å²) in [6.07, 6.45) is 7.56. The highest BCUT2D eigenvalue weighted by molar-refractivity contribution is 5.85. The zero-order chi connectivity index (χ0) is 14.8. The number of hydrogen-bond acceptors (Lipinski definition) is 4. The van der Waals surface area contributed by atoms with Crippen molar-refractivity contribution in [1.29, 1.82) is 0 Å². The largest absolute Gasteiger partial charge is 0.469 e. The number of rotatable bonds is 2. The van der Waals surface area contributed by atoms with Crippen molar-refractivity contribution in [3.63, 3.8) is 0 Å². The van der Waals surface area contributed by atoms with E-state index in [1.807, 2.05) is 4.90 Å². The first-order valence-corrected chi connectivity index (χ1v) is 8.31. The molecule has 0 aromatic rings. The second-order valence-corrected chi connectivity index (χ2v) is 6.73. The predicted molar refractivity (Wildman–Crippen MR) is 85.9 cm³/mol. The highest BCUT2D eigenvalue weighted by Crippen LogP contribution is 2.34. The Kier molecular flexibility index (Phi) is 6.09. The van der Waals surface area contributed by atoms with Crippen LogP contribution in [0, 0.1) is 11.8 Å². The van der Waals surface area contributed by atoms with Crippen LogP contribution < -0.4 is 5.32 Å². The molecule has 1 amide bonds. The van der Waals surface area contributed by atoms with Crippen LogP contribution in [-0.2, 0) is 14.3 Å². The molecule has 3 fully saturated rings. The van der Waals surface area contributed by atoms with E-state index in [-0.39, 0.29) is 36.2 Å². The fraction of sp³-hybridized carbons (Fsp3) is 0.875. The lowest BCUT2D eigenvalue weighted by atomic mass is 9.85. The molecule has 0 radical (unpaired) electrons. The molecule has 3 unspecified atom stereocenters. The first kappa shape index (κ1) is 17.5. The molecule has 0 aromatic heterocycles. The summed E-state index contributed by atoms with van der Waals surface area (Å²) >= 11 is 0. The summed E-state index contributed by atoms with van der Waals surface area (Å²) in [5.74, 6) is 0.776. The number of halogens is 1. The molecule has 22 heavy (non-hydrogen) atoms. The molecule has 3 rings (SSSR count). The molecule has 3 aliphatic rings. The Morgan fingerprint density at radius 2 is 1.77 bits per heavy atom. The number of hydrogen-bond donors (Lipinski definition) is 1. The van der Waals surface area contributed by atoms with Crippen LogP contribution in [0.25, 0.3) is 0 Å². The second kappa shape index (κ2) is 7.64. The zero-order valence-corrected chi connectivity index (χ0v) is 14.1. The van der Waals surface area contributed by atoms with Gasteiger partial charge in [0.2, 0.25) is 5.91 Å². The lowest BCUT2D eigenvalue weighted by molar-refractivity contribution is -0.149. The number of ether oxygens (including phenoxy) is 1. The molecule has 2 saturated heterocycles. The van der Waals surface area contributed by atoms with Crippen LogP contribution in [0.2, 0.25) is 0 Å². The van der Waals surface area contributed by atoms with Gasteiger partial charge >= 0.3 is 5.97 Å². The van der Waals surface area contributed by atoms with Gasteiger partial charge in [0, 0.05) is 19.1 Å². The second-order valence-electron chi connectivity index (χ2n) is 6.73. The Labute approximate surface area is 138 Å². The maximum atomic E-state index is 12.6. The van der Waals surface area contributed by atoms with Crippen LogP contribution in [0.1, 0.15) is 44.9 Å². The van der Waals surface area contributed by atoms with Crippen LogP contribution in [-0.4, -0.2) is 49.1 Å². The van der Waals surface area contributed by atoms with E-state index in [1.165, 1.54) is 32.8 Å². The summed E-state index contributed by atoms with van der Waals surface area (Å²) in [5, 5.41) is 3.55. The summed E-state index contributed by atoms with van der Waals surface area (Å²) in [4.78, 5) is 26.1. The van der Waals surface area contributed by atoms with Gasteiger partial charge < -0.3 is 15.0 Å². The Morgan fingerprint density at radius 1 is 1.09 bits per heavy atom. The maximum Gasteiger partial charge on any atom is 0.308 e. The molecule has 1 saturated carbocycles. The number of carbonyl (C=O) groups excluding carboxylic acids is 2. The van der Waals surface area contributed by atoms with Crippen LogP contribution in [0.5, 0.6) is 0 Å². The average molecular weight is 331 g/mol. The molecule has 0 aromatic carbocycles. The van der Waals surface area contributed by atoms with Crippen molar-refractivity contribution in [2.75, 3.05) is 20.2 Å². The fourth-order valence-corrected chi connectivity index (χ4v) is 4.23. The van der Waals surface area contributed by atoms with Crippen molar-refractivity contribution in [2.24, 2.45) is 11.8 Å². The minimum absolute atomic E-state index is 0. The van der Waals surface area contributed by atoms with Crippen molar-refractivity contribution in [2.45, 2.75) is 57.0 Å². The number of likely N-dealkylation sites (tertiary alicyclic amines) is 1. The molecule has 0 bridgehead atoms. The number of nitrogens with zero attached hydrogens (tertiary/aromatic N) is 1. The SMILES string of the molecule is COC(=O)C1CCN(C(=O)C2CC3CCCCC3N2)CC1.Cl. The average Bonchev–Trinajstić information content (AvgIpc) is 2.97. The van der Waals surface area contributed by atoms with Gasteiger partial charge in [-0.3, -0.25) is 9.59 Å². The van der Waals surface area contributed by atoms with Crippen LogP contribution in [0.4, 0.5) is 0 Å². The standard InChI is InChI=1S/C16H26N2O3.ClH/c1-21-16(20)11-6-8-18(9-7-11)15(19)14-10-12-4-2-3-5-13(12)17-14;/h11-14,17H,2-10H2,1H3;1H. The third-order valence-electron chi connectivity index (χ3n) is 5.50. The molecular weight excluding hydrogens is 304 g/mol. The van der Waals surface area contributed by atoms with Crippen molar-refractivity contribution in [3.8, 4) is 0 Å². The number of fused-ring (bicyclic) bond motifs is 1. The predicted octanol–water partition coefficient (Wildman–Crippen LogP) is 1.74. The van der Waals surface area contributed by atoms with Gasteiger partial charge in [0.25, 0.3) is 0 Å². The van der Waals surface area contributed by atoms with E-state index < -0.39 is 0 Å². The molecule has 5 nitrogen and oxygen atoms in total. The summed E-state index contributed by atoms with van der Waals surface area (Å²) in [7, 11) is 1.43. The van der Waals surface area contributed by atoms with Gasteiger partial charge in [0.15, 0.2) is 0 Å². The number of methoxy groups -OCH3 is 1. The molecule has 1 N–H and O–H groups in total. The minimum Gasteiger partial charge on any atom is -0.469 e. The summed E-state index contributed by atoms with van der Waals surface area (Å²) in [6, 6.07) is 0.563. The molecule has 126 valence electrons. The Balaban J connectivity index is 0.00000176. The number of esters is 1. The van der Waals surface area contributed by atoms with E-state index in [4.69, 9.17) is 4.74 Å². The first-order valence-electron chi connectivity index (χ1n) is 8.31. The summed E-state index contributed by atoms with van der Waals surface area (Å²) in [6.45, 7) is 1.37. The highest BCUT2D eigenvalue weighted by atomic mass is 35.5. The van der Waals surface area contributed by atoms with Crippen molar-refractivity contribution < 1.29 is 14.3 Å². The van der Waals surface area contributed by atoms with Gasteiger partial charge in [-0.1, -0.05) is 12.8 Å². The third kappa shape index (κ3) is 3.57. The molecular formula is C16H27ClN2O3. The smallest absolute Gasteiger partial charge is 0.308 e. The summed E-state index contributed by atoms with van der Waals surface area (Å²) in [5.41, 5.74) is 0. The molecule has 6 heteroatoms. The van der Waals surface area contributed by atoms with Gasteiger partial charge in [-0.15, -0.1) is 12.4 Å². The molecule has 2 heterocycles. The van der Waals surface area contributed by atoms with Crippen LogP contribution >= 0.6 is 12.4 Å². The first-order chi connectivity index (χ1) is 10.2. The molecule has 2 aliphatic heterocycles. The van der Waals surface area contributed by atoms with E-state index in [9.17, 15) is 9.59 Å². The lowest BCUT2D eigenvalue weighted by Crippen LogP contribution is -2.48. The fourth-order valence-electron chi connectivity index (χ4n) is 4.23. The van der Waals surface area contributed by atoms with E-state index in [0.717, 1.165) is 19.3 Å². The maximum absolute atomic E-state index is 12.6. The monoisotopic (exact) mass is 330 g/mol. The topological polar surface area (TPSA) is 58.6 Å². The van der Waals surface area contributed by atoms with E-state index in [2.05, 4.69) is 5.32 Å². The molecule has 1 aliphatic carbocycles. The number of nitrogens with one attached hydrogen (secondary N) is 1. The Morgan fingerprint density at radius 3 is 2.41 bits per heavy atom. The Hall–Kier alpha value is -0.810. The van der Waals surface area contributed by atoms with E-state index in [1.54, 1.807) is 0 Å². The van der Waals surface area contributed by atoms with Gasteiger partial charge in [-0.05, 0) is 38.0 Å². The normalized spacial score (nSPS) is 32.0. The quantitative estimate of drug-likeness (QED) is 0.784. The zero-order valence-electron chi connectivity index (χ0n) is 13.3. The number of carbonyl (C=O) groups is 2. The van der Waals surface area contributed by atoms with Crippen LogP contribution in [0.15, 0.2) is 0 Å². The molecule has 3 atom stereocenters.